The molecule has 0 atom stereocenters. The van der Waals surface area contributed by atoms with E-state index >= 15 is 0 Å². The fraction of sp³-hybridized carbons (Fsp3) is 0.571. The summed E-state index contributed by atoms with van der Waals surface area (Å²) in [5, 5.41) is 78.8. The zero-order valence-corrected chi connectivity index (χ0v) is 45.5. The SMILES string of the molecule is CCCCCCCCNc1cc(NCCCCCCCC)c2cc1Nc1cc(c([N+](=O)[O-])cc1[N+](=O)[O-])Nc1cc(c(NCCCCCCCC)cc1NCCCCCCCC)Nc1cc(c([N+](=O)[O-])cc1[N+](=O)[O-])N2. The minimum atomic E-state index is -0.669. The Labute approximate surface area is 448 Å². The number of unbranched alkanes of at least 4 members (excludes halogenated alkanes) is 20. The highest BCUT2D eigenvalue weighted by Gasteiger charge is 2.30. The third-order valence-electron chi connectivity index (χ3n) is 13.8. The molecule has 8 bridgehead atoms. The molecule has 0 saturated carbocycles. The molecule has 8 N–H and O–H groups in total. The fourth-order valence-corrected chi connectivity index (χ4v) is 9.45. The van der Waals surface area contributed by atoms with E-state index in [4.69, 9.17) is 0 Å². The van der Waals surface area contributed by atoms with E-state index in [9.17, 15) is 40.5 Å². The Morgan fingerprint density at radius 1 is 0.289 bits per heavy atom. The van der Waals surface area contributed by atoms with Crippen molar-refractivity contribution in [1.29, 1.82) is 0 Å². The number of hydrogen-bond donors (Lipinski definition) is 8. The van der Waals surface area contributed by atoms with Crippen molar-refractivity contribution in [2.24, 2.45) is 0 Å². The van der Waals surface area contributed by atoms with Crippen molar-refractivity contribution in [2.45, 2.75) is 182 Å². The van der Waals surface area contributed by atoms with Crippen LogP contribution in [-0.2, 0) is 0 Å². The Hall–Kier alpha value is -7.12. The molecule has 0 aromatic heterocycles. The minimum absolute atomic E-state index is 0.0488. The molecule has 0 spiro atoms. The van der Waals surface area contributed by atoms with Crippen molar-refractivity contribution in [2.75, 3.05) is 68.7 Å². The number of fused-ring (bicyclic) bond motifs is 8. The molecular weight excluding hydrogens is 969 g/mol. The summed E-state index contributed by atoms with van der Waals surface area (Å²) in [5.41, 5.74) is 1.19. The van der Waals surface area contributed by atoms with Crippen LogP contribution in [0.5, 0.6) is 0 Å². The number of benzene rings is 4. The van der Waals surface area contributed by atoms with Gasteiger partial charge in [-0.2, -0.15) is 0 Å². The van der Waals surface area contributed by atoms with Crippen LogP contribution in [0.15, 0.2) is 48.5 Å². The molecule has 416 valence electrons. The molecule has 1 heterocycles. The molecule has 5 rings (SSSR count). The molecule has 0 amide bonds. The fourth-order valence-electron chi connectivity index (χ4n) is 9.45. The summed E-state index contributed by atoms with van der Waals surface area (Å²) in [5.74, 6) is 0. The number of nitro groups is 4. The molecule has 20 heteroatoms. The van der Waals surface area contributed by atoms with Crippen LogP contribution in [0, 0.1) is 40.5 Å². The number of nitro benzene ring substituents is 4. The van der Waals surface area contributed by atoms with Crippen LogP contribution in [0.2, 0.25) is 0 Å². The van der Waals surface area contributed by atoms with Crippen molar-refractivity contribution in [3.63, 3.8) is 0 Å². The van der Waals surface area contributed by atoms with Gasteiger partial charge in [0.25, 0.3) is 22.7 Å². The molecule has 0 radical (unpaired) electrons. The maximum atomic E-state index is 12.9. The van der Waals surface area contributed by atoms with Gasteiger partial charge < -0.3 is 42.5 Å². The van der Waals surface area contributed by atoms with Crippen molar-refractivity contribution in [1.82, 2.24) is 0 Å². The first-order valence-corrected chi connectivity index (χ1v) is 28.2. The van der Waals surface area contributed by atoms with Crippen molar-refractivity contribution in [3.05, 3.63) is 89.0 Å². The van der Waals surface area contributed by atoms with Gasteiger partial charge in [0, 0.05) is 26.2 Å². The lowest BCUT2D eigenvalue weighted by atomic mass is 10.1. The largest absolute Gasteiger partial charge is 0.383 e. The summed E-state index contributed by atoms with van der Waals surface area (Å²) >= 11 is 0. The Balaban J connectivity index is 1.75. The first kappa shape index (κ1) is 59.8. The average molecular weight is 1050 g/mol. The van der Waals surface area contributed by atoms with Gasteiger partial charge in [-0.15, -0.1) is 0 Å². The quantitative estimate of drug-likeness (QED) is 0.0105. The van der Waals surface area contributed by atoms with E-state index in [0.717, 1.165) is 166 Å². The Bertz CT molecular complexity index is 2200. The van der Waals surface area contributed by atoms with Crippen LogP contribution in [-0.4, -0.2) is 45.9 Å². The third kappa shape index (κ3) is 18.6. The summed E-state index contributed by atoms with van der Waals surface area (Å²) in [6, 6.07) is 11.6. The predicted molar refractivity (Wildman–Crippen MR) is 313 cm³/mol. The Morgan fingerprint density at radius 3 is 0.697 bits per heavy atom. The van der Waals surface area contributed by atoms with Gasteiger partial charge in [0.05, 0.1) is 77.3 Å². The summed E-state index contributed by atoms with van der Waals surface area (Å²) in [6.07, 6.45) is 25.2. The van der Waals surface area contributed by atoms with Crippen LogP contribution in [0.3, 0.4) is 0 Å². The Morgan fingerprint density at radius 2 is 0.487 bits per heavy atom. The highest BCUT2D eigenvalue weighted by molar-refractivity contribution is 5.95. The minimum Gasteiger partial charge on any atom is -0.383 e. The molecule has 1 aliphatic heterocycles. The van der Waals surface area contributed by atoms with E-state index in [2.05, 4.69) is 70.2 Å². The van der Waals surface area contributed by atoms with Crippen LogP contribution in [0.4, 0.5) is 91.0 Å². The highest BCUT2D eigenvalue weighted by atomic mass is 16.6. The lowest BCUT2D eigenvalue weighted by Gasteiger charge is -2.23. The van der Waals surface area contributed by atoms with Crippen molar-refractivity contribution >= 4 is 91.0 Å². The molecule has 0 unspecified atom stereocenters. The lowest BCUT2D eigenvalue weighted by molar-refractivity contribution is -0.393. The summed E-state index contributed by atoms with van der Waals surface area (Å²) in [7, 11) is 0. The van der Waals surface area contributed by atoms with Gasteiger partial charge in [-0.3, -0.25) is 40.5 Å². The van der Waals surface area contributed by atoms with Crippen LogP contribution < -0.4 is 42.5 Å². The summed E-state index contributed by atoms with van der Waals surface area (Å²) in [6.45, 7) is 10.9. The third-order valence-corrected chi connectivity index (χ3v) is 13.8. The summed E-state index contributed by atoms with van der Waals surface area (Å²) in [4.78, 5) is 49.0. The number of nitrogens with zero attached hydrogens (tertiary/aromatic N) is 4. The van der Waals surface area contributed by atoms with E-state index in [1.807, 2.05) is 12.1 Å². The standard InChI is InChI=1S/C56H84N12O8/c1-5-9-13-17-21-25-29-57-41-33-42(58-30-26-22-18-14-10-6-2)46-35-45(41)61-49-37-50(54(66(71)72)39-53(49)65(69)70)63-47-36-48(64-52-38-51(62-46)55(67(73)74)40-56(52)68(75)76)44(60-32-28-24-20-16-12-8-4)34-43(47)59-31-27-23-19-15-11-7-3/h33-40,57-64H,5-32H2,1-4H3. The zero-order chi connectivity index (χ0) is 54.7. The molecule has 20 nitrogen and oxygen atoms in total. The lowest BCUT2D eigenvalue weighted by Crippen LogP contribution is -2.12. The molecular formula is C56H84N12O8. The second-order valence-electron chi connectivity index (χ2n) is 20.0. The van der Waals surface area contributed by atoms with Gasteiger partial charge in [0.1, 0.15) is 22.7 Å². The second kappa shape index (κ2) is 32.3. The van der Waals surface area contributed by atoms with E-state index < -0.39 is 42.4 Å². The first-order valence-electron chi connectivity index (χ1n) is 28.2. The van der Waals surface area contributed by atoms with Crippen molar-refractivity contribution in [3.8, 4) is 0 Å². The monoisotopic (exact) mass is 1050 g/mol. The molecule has 0 fully saturated rings. The number of nitrogens with one attached hydrogen (secondary N) is 8. The van der Waals surface area contributed by atoms with Crippen LogP contribution in [0.25, 0.3) is 0 Å². The molecule has 4 aromatic carbocycles. The molecule has 1 aliphatic rings. The van der Waals surface area contributed by atoms with Crippen molar-refractivity contribution < 1.29 is 19.7 Å². The van der Waals surface area contributed by atoms with Crippen LogP contribution in [0.1, 0.15) is 182 Å². The van der Waals surface area contributed by atoms with Gasteiger partial charge in [-0.25, -0.2) is 0 Å². The smallest absolute Gasteiger partial charge is 0.299 e. The van der Waals surface area contributed by atoms with E-state index in [1.165, 1.54) is 12.1 Å². The second-order valence-corrected chi connectivity index (χ2v) is 20.0. The van der Waals surface area contributed by atoms with Crippen LogP contribution >= 0.6 is 0 Å². The zero-order valence-electron chi connectivity index (χ0n) is 45.5. The molecule has 0 aliphatic carbocycles. The van der Waals surface area contributed by atoms with Gasteiger partial charge >= 0.3 is 0 Å². The predicted octanol–water partition coefficient (Wildman–Crippen LogP) is 17.7. The van der Waals surface area contributed by atoms with E-state index in [-0.39, 0.29) is 22.7 Å². The van der Waals surface area contributed by atoms with E-state index in [1.54, 1.807) is 12.1 Å². The number of hydrogen-bond acceptors (Lipinski definition) is 16. The first-order chi connectivity index (χ1) is 36.9. The van der Waals surface area contributed by atoms with Gasteiger partial charge in [-0.1, -0.05) is 156 Å². The topological polar surface area (TPSA) is 269 Å². The van der Waals surface area contributed by atoms with E-state index in [0.29, 0.717) is 71.7 Å². The molecule has 0 saturated heterocycles. The highest BCUT2D eigenvalue weighted by Crippen LogP contribution is 2.47. The maximum absolute atomic E-state index is 12.9. The number of rotatable bonds is 36. The van der Waals surface area contributed by atoms with Gasteiger partial charge in [0.15, 0.2) is 0 Å². The summed E-state index contributed by atoms with van der Waals surface area (Å²) < 4.78 is 0. The normalized spacial score (nSPS) is 11.6. The number of anilines is 12. The van der Waals surface area contributed by atoms with Gasteiger partial charge in [0.2, 0.25) is 0 Å². The Kier molecular flexibility index (Phi) is 25.4. The maximum Gasteiger partial charge on any atom is 0.299 e. The molecule has 76 heavy (non-hydrogen) atoms. The average Bonchev–Trinajstić information content (AvgIpc) is 3.38. The van der Waals surface area contributed by atoms with Gasteiger partial charge in [-0.05, 0) is 62.1 Å². The molecule has 4 aromatic rings.